The minimum absolute atomic E-state index is 0.157. The lowest BCUT2D eigenvalue weighted by Crippen LogP contribution is -1.99. The van der Waals surface area contributed by atoms with Crippen LogP contribution in [0, 0.1) is 6.92 Å². The zero-order valence-electron chi connectivity index (χ0n) is 15.0. The molecular weight excluding hydrogens is 395 g/mol. The summed E-state index contributed by atoms with van der Waals surface area (Å²) in [6.45, 7) is 2.20. The molecular formula is C23H16Cl2O3. The molecule has 0 atom stereocenters. The predicted molar refractivity (Wildman–Crippen MR) is 111 cm³/mol. The molecule has 1 heterocycles. The Kier molecular flexibility index (Phi) is 5.12. The summed E-state index contributed by atoms with van der Waals surface area (Å²) < 4.78 is 11.8. The highest BCUT2D eigenvalue weighted by molar-refractivity contribution is 6.31. The van der Waals surface area contributed by atoms with Crippen molar-refractivity contribution >= 4 is 35.1 Å². The van der Waals surface area contributed by atoms with Gasteiger partial charge in [0, 0.05) is 21.2 Å². The smallest absolute Gasteiger partial charge is 0.231 e. The summed E-state index contributed by atoms with van der Waals surface area (Å²) in [5.74, 6) is 1.28. The summed E-state index contributed by atoms with van der Waals surface area (Å²) >= 11 is 12.2. The quantitative estimate of drug-likeness (QED) is 0.460. The highest BCUT2D eigenvalue weighted by Crippen LogP contribution is 2.39. The average molecular weight is 411 g/mol. The molecule has 0 fully saturated rings. The summed E-state index contributed by atoms with van der Waals surface area (Å²) in [5.41, 5.74) is 2.99. The number of hydrogen-bond acceptors (Lipinski definition) is 3. The lowest BCUT2D eigenvalue weighted by molar-refractivity contribution is 0.101. The molecule has 4 rings (SSSR count). The van der Waals surface area contributed by atoms with Crippen LogP contribution in [-0.4, -0.2) is 5.78 Å². The minimum atomic E-state index is -0.157. The zero-order valence-corrected chi connectivity index (χ0v) is 16.6. The van der Waals surface area contributed by atoms with E-state index in [9.17, 15) is 4.79 Å². The number of halogens is 2. The summed E-state index contributed by atoms with van der Waals surface area (Å²) in [4.78, 5) is 12.7. The third kappa shape index (κ3) is 3.64. The van der Waals surface area contributed by atoms with E-state index in [1.807, 2.05) is 43.3 Å². The molecule has 0 unspecified atom stereocenters. The van der Waals surface area contributed by atoms with Crippen LogP contribution in [0.15, 0.2) is 66.4 Å². The number of ether oxygens (including phenoxy) is 2. The first kappa shape index (κ1) is 18.6. The van der Waals surface area contributed by atoms with Gasteiger partial charge in [-0.05, 0) is 48.9 Å². The van der Waals surface area contributed by atoms with Crippen LogP contribution in [0.1, 0.15) is 27.0 Å². The standard InChI is InChI=1S/C23H16Cl2O3/c1-14-20(27-13-16-6-2-3-8-19(16)25)10-9-18-22(26)21(28-23(14)18)12-15-5-4-7-17(24)11-15/h2-12H,13H2,1H3/b21-12-. The molecule has 0 saturated heterocycles. The molecule has 1 aliphatic rings. The van der Waals surface area contributed by atoms with Gasteiger partial charge in [-0.15, -0.1) is 0 Å². The van der Waals surface area contributed by atoms with Crippen molar-refractivity contribution in [3.8, 4) is 11.5 Å². The number of benzene rings is 3. The Morgan fingerprint density at radius 2 is 1.86 bits per heavy atom. The summed E-state index contributed by atoms with van der Waals surface area (Å²) in [7, 11) is 0. The number of rotatable bonds is 4. The van der Waals surface area contributed by atoms with Crippen LogP contribution in [-0.2, 0) is 6.61 Å². The van der Waals surface area contributed by atoms with Gasteiger partial charge in [0.05, 0.1) is 5.56 Å². The van der Waals surface area contributed by atoms with Gasteiger partial charge in [-0.25, -0.2) is 0 Å². The Balaban J connectivity index is 1.59. The highest BCUT2D eigenvalue weighted by Gasteiger charge is 2.30. The van der Waals surface area contributed by atoms with Crippen molar-refractivity contribution in [2.45, 2.75) is 13.5 Å². The Hall–Kier alpha value is -2.75. The van der Waals surface area contributed by atoms with Crippen LogP contribution in [0.4, 0.5) is 0 Å². The molecule has 0 amide bonds. The van der Waals surface area contributed by atoms with Crippen molar-refractivity contribution in [2.24, 2.45) is 0 Å². The van der Waals surface area contributed by atoms with E-state index in [-0.39, 0.29) is 11.5 Å². The zero-order chi connectivity index (χ0) is 19.7. The molecule has 5 heteroatoms. The second kappa shape index (κ2) is 7.70. The van der Waals surface area contributed by atoms with E-state index in [0.717, 1.165) is 16.7 Å². The summed E-state index contributed by atoms with van der Waals surface area (Å²) in [6, 6.07) is 18.3. The lowest BCUT2D eigenvalue weighted by Gasteiger charge is -2.12. The highest BCUT2D eigenvalue weighted by atomic mass is 35.5. The van der Waals surface area contributed by atoms with Gasteiger partial charge in [0.15, 0.2) is 5.76 Å². The van der Waals surface area contributed by atoms with Gasteiger partial charge in [-0.3, -0.25) is 4.79 Å². The first-order valence-electron chi connectivity index (χ1n) is 8.72. The maximum atomic E-state index is 12.7. The topological polar surface area (TPSA) is 35.5 Å². The lowest BCUT2D eigenvalue weighted by atomic mass is 10.1. The van der Waals surface area contributed by atoms with Crippen LogP contribution in [0.25, 0.3) is 6.08 Å². The van der Waals surface area contributed by atoms with Gasteiger partial charge in [0.1, 0.15) is 18.1 Å². The van der Waals surface area contributed by atoms with Crippen molar-refractivity contribution in [1.82, 2.24) is 0 Å². The number of carbonyl (C=O) groups excluding carboxylic acids is 1. The summed E-state index contributed by atoms with van der Waals surface area (Å²) in [6.07, 6.45) is 1.69. The molecule has 28 heavy (non-hydrogen) atoms. The van der Waals surface area contributed by atoms with Crippen molar-refractivity contribution in [3.63, 3.8) is 0 Å². The van der Waals surface area contributed by atoms with E-state index in [1.165, 1.54) is 0 Å². The van der Waals surface area contributed by atoms with Gasteiger partial charge < -0.3 is 9.47 Å². The minimum Gasteiger partial charge on any atom is -0.488 e. The molecule has 0 bridgehead atoms. The number of fused-ring (bicyclic) bond motifs is 1. The monoisotopic (exact) mass is 410 g/mol. The average Bonchev–Trinajstić information content (AvgIpc) is 2.99. The Labute approximate surface area is 173 Å². The number of carbonyl (C=O) groups is 1. The van der Waals surface area contributed by atoms with E-state index < -0.39 is 0 Å². The van der Waals surface area contributed by atoms with E-state index in [2.05, 4.69) is 0 Å². The number of hydrogen-bond donors (Lipinski definition) is 0. The fourth-order valence-corrected chi connectivity index (χ4v) is 3.43. The fourth-order valence-electron chi connectivity index (χ4n) is 3.04. The van der Waals surface area contributed by atoms with E-state index in [0.29, 0.717) is 33.7 Å². The van der Waals surface area contributed by atoms with Crippen LogP contribution in [0.3, 0.4) is 0 Å². The van der Waals surface area contributed by atoms with Gasteiger partial charge >= 0.3 is 0 Å². The number of Topliss-reactive ketones (excluding diaryl/α,β-unsaturated/α-hetero) is 1. The Morgan fingerprint density at radius 1 is 1.04 bits per heavy atom. The van der Waals surface area contributed by atoms with E-state index >= 15 is 0 Å². The van der Waals surface area contributed by atoms with Crippen LogP contribution < -0.4 is 9.47 Å². The fraction of sp³-hybridized carbons (Fsp3) is 0.0870. The third-order valence-electron chi connectivity index (χ3n) is 4.52. The van der Waals surface area contributed by atoms with Gasteiger partial charge in [0.2, 0.25) is 5.78 Å². The molecule has 3 nitrogen and oxygen atoms in total. The van der Waals surface area contributed by atoms with Crippen molar-refractivity contribution < 1.29 is 14.3 Å². The molecule has 0 aromatic heterocycles. The normalized spacial score (nSPS) is 14.1. The molecule has 3 aromatic rings. The summed E-state index contributed by atoms with van der Waals surface area (Å²) in [5, 5.41) is 1.25. The van der Waals surface area contributed by atoms with Gasteiger partial charge in [0.25, 0.3) is 0 Å². The Morgan fingerprint density at radius 3 is 2.64 bits per heavy atom. The molecule has 0 N–H and O–H groups in total. The van der Waals surface area contributed by atoms with Crippen molar-refractivity contribution in [3.05, 3.63) is 98.7 Å². The SMILES string of the molecule is Cc1c(OCc2ccccc2Cl)ccc2c1O/C(=C\c1cccc(Cl)c1)C2=O. The molecule has 140 valence electrons. The second-order valence-electron chi connectivity index (χ2n) is 6.44. The first-order chi connectivity index (χ1) is 13.5. The maximum Gasteiger partial charge on any atom is 0.231 e. The van der Waals surface area contributed by atoms with Crippen LogP contribution in [0.5, 0.6) is 11.5 Å². The van der Waals surface area contributed by atoms with Crippen LogP contribution >= 0.6 is 23.2 Å². The van der Waals surface area contributed by atoms with Gasteiger partial charge in [-0.1, -0.05) is 53.5 Å². The van der Waals surface area contributed by atoms with E-state index in [1.54, 1.807) is 30.3 Å². The first-order valence-corrected chi connectivity index (χ1v) is 9.48. The molecule has 1 aliphatic heterocycles. The second-order valence-corrected chi connectivity index (χ2v) is 7.28. The van der Waals surface area contributed by atoms with Crippen molar-refractivity contribution in [1.29, 1.82) is 0 Å². The molecule has 3 aromatic carbocycles. The third-order valence-corrected chi connectivity index (χ3v) is 5.13. The van der Waals surface area contributed by atoms with Crippen LogP contribution in [0.2, 0.25) is 10.0 Å². The molecule has 0 aliphatic carbocycles. The number of ketones is 1. The Bertz CT molecular complexity index is 1100. The molecule has 0 saturated carbocycles. The maximum absolute atomic E-state index is 12.7. The molecule has 0 radical (unpaired) electrons. The van der Waals surface area contributed by atoms with Gasteiger partial charge in [-0.2, -0.15) is 0 Å². The van der Waals surface area contributed by atoms with Crippen molar-refractivity contribution in [2.75, 3.05) is 0 Å². The van der Waals surface area contributed by atoms with E-state index in [4.69, 9.17) is 32.7 Å². The predicted octanol–water partition coefficient (Wildman–Crippen LogP) is 6.50. The molecule has 0 spiro atoms. The largest absolute Gasteiger partial charge is 0.488 e. The number of allylic oxidation sites excluding steroid dienone is 1.